The van der Waals surface area contributed by atoms with Crippen molar-refractivity contribution in [1.82, 2.24) is 14.9 Å². The summed E-state index contributed by atoms with van der Waals surface area (Å²) >= 11 is 1.25. The number of fused-ring (bicyclic) bond motifs is 1. The van der Waals surface area contributed by atoms with Crippen LogP contribution in [-0.4, -0.2) is 79.3 Å². The predicted octanol–water partition coefficient (Wildman–Crippen LogP) is 2.45. The van der Waals surface area contributed by atoms with Crippen LogP contribution in [0.3, 0.4) is 0 Å². The van der Waals surface area contributed by atoms with Gasteiger partial charge in [-0.2, -0.15) is 0 Å². The van der Waals surface area contributed by atoms with Gasteiger partial charge in [-0.25, -0.2) is 14.8 Å². The molecule has 1 fully saturated rings. The zero-order chi connectivity index (χ0) is 25.8. The Morgan fingerprint density at radius 2 is 2.00 bits per heavy atom. The molecule has 1 N–H and O–H groups in total. The Morgan fingerprint density at radius 3 is 2.67 bits per heavy atom. The molecule has 0 aliphatic carbocycles. The monoisotopic (exact) mass is 514 g/mol. The molecule has 1 saturated heterocycles. The highest BCUT2D eigenvalue weighted by atomic mass is 32.1. The van der Waals surface area contributed by atoms with Gasteiger partial charge in [0.05, 0.1) is 27.7 Å². The van der Waals surface area contributed by atoms with Crippen molar-refractivity contribution in [1.29, 1.82) is 0 Å². The summed E-state index contributed by atoms with van der Waals surface area (Å²) in [6, 6.07) is 8.57. The van der Waals surface area contributed by atoms with Gasteiger partial charge in [-0.1, -0.05) is 18.2 Å². The summed E-state index contributed by atoms with van der Waals surface area (Å²) in [6.45, 7) is 1.16. The molecule has 1 aromatic carbocycles. The van der Waals surface area contributed by atoms with Crippen LogP contribution in [0.25, 0.3) is 10.9 Å². The largest absolute Gasteiger partial charge is 0.459 e. The van der Waals surface area contributed by atoms with Crippen LogP contribution in [0, 0.1) is 0 Å². The van der Waals surface area contributed by atoms with Crippen LogP contribution >= 0.6 is 11.3 Å². The van der Waals surface area contributed by atoms with Crippen LogP contribution in [0.4, 0.5) is 5.95 Å². The van der Waals surface area contributed by atoms with Gasteiger partial charge in [0.15, 0.2) is 6.10 Å². The van der Waals surface area contributed by atoms with E-state index in [-0.39, 0.29) is 18.1 Å². The molecular formula is C24H26N4O7S. The molecule has 12 heteroatoms. The predicted molar refractivity (Wildman–Crippen MR) is 133 cm³/mol. The van der Waals surface area contributed by atoms with E-state index in [1.807, 2.05) is 0 Å². The van der Waals surface area contributed by atoms with Crippen molar-refractivity contribution < 1.29 is 28.5 Å². The van der Waals surface area contributed by atoms with Crippen molar-refractivity contribution in [3.8, 4) is 0 Å². The van der Waals surface area contributed by atoms with E-state index in [9.17, 15) is 14.4 Å². The summed E-state index contributed by atoms with van der Waals surface area (Å²) in [6.07, 6.45) is -1.61. The standard InChI is InChI=1S/C24H26N4O7S/c1-13(29)34-19-18(32-4)16(10-33-23(31)14-8-6-5-7-9-14)35-20(19)21-17-15(11-36-21)22(30)27-24(26-17)25-12-28(2)3/h5-9,11-12,16,18-20H,10H2,1-4H3,(H,26,27,30)/b25-12+/t16-,18-,19-,20-/m1/s1. The number of esters is 2. The zero-order valence-electron chi connectivity index (χ0n) is 20.2. The Kier molecular flexibility index (Phi) is 7.77. The number of nitrogens with one attached hydrogen (secondary N) is 1. The minimum Gasteiger partial charge on any atom is -0.459 e. The molecular weight excluding hydrogens is 488 g/mol. The van der Waals surface area contributed by atoms with Gasteiger partial charge in [0.1, 0.15) is 24.9 Å². The van der Waals surface area contributed by atoms with Gasteiger partial charge in [-0.15, -0.1) is 11.3 Å². The quantitative estimate of drug-likeness (QED) is 0.273. The molecule has 1 aliphatic heterocycles. The van der Waals surface area contributed by atoms with Gasteiger partial charge in [0.25, 0.3) is 5.56 Å². The summed E-state index contributed by atoms with van der Waals surface area (Å²) in [7, 11) is 5.05. The number of aliphatic imine (C=N–C) groups is 1. The van der Waals surface area contributed by atoms with Gasteiger partial charge < -0.3 is 23.8 Å². The number of rotatable bonds is 8. The molecule has 0 saturated carbocycles. The highest BCUT2D eigenvalue weighted by Crippen LogP contribution is 2.42. The molecule has 0 amide bonds. The van der Waals surface area contributed by atoms with Crippen LogP contribution in [0.2, 0.25) is 0 Å². The van der Waals surface area contributed by atoms with E-state index in [1.165, 1.54) is 31.7 Å². The van der Waals surface area contributed by atoms with Crippen molar-refractivity contribution >= 4 is 46.5 Å². The lowest BCUT2D eigenvalue weighted by Crippen LogP contribution is -2.38. The van der Waals surface area contributed by atoms with Gasteiger partial charge in [-0.3, -0.25) is 14.6 Å². The lowest BCUT2D eigenvalue weighted by Gasteiger charge is -2.22. The molecule has 4 rings (SSSR count). The van der Waals surface area contributed by atoms with Crippen LogP contribution in [0.15, 0.2) is 45.5 Å². The molecule has 0 radical (unpaired) electrons. The molecule has 190 valence electrons. The second-order valence-corrected chi connectivity index (χ2v) is 9.21. The molecule has 36 heavy (non-hydrogen) atoms. The number of benzene rings is 1. The third kappa shape index (κ3) is 5.45. The normalized spacial score (nSPS) is 21.7. The molecule has 3 heterocycles. The Labute approximate surface area is 210 Å². The Bertz CT molecular complexity index is 1320. The van der Waals surface area contributed by atoms with Crippen molar-refractivity contribution in [3.63, 3.8) is 0 Å². The smallest absolute Gasteiger partial charge is 0.338 e. The Balaban J connectivity index is 1.65. The maximum absolute atomic E-state index is 12.6. The highest BCUT2D eigenvalue weighted by Gasteiger charge is 2.49. The summed E-state index contributed by atoms with van der Waals surface area (Å²) in [5, 5.41) is 2.02. The number of hydrogen-bond donors (Lipinski definition) is 1. The molecule has 11 nitrogen and oxygen atoms in total. The molecule has 0 unspecified atom stereocenters. The average molecular weight is 515 g/mol. The van der Waals surface area contributed by atoms with Crippen LogP contribution in [0.5, 0.6) is 0 Å². The van der Waals surface area contributed by atoms with Gasteiger partial charge >= 0.3 is 11.9 Å². The van der Waals surface area contributed by atoms with E-state index < -0.39 is 36.4 Å². The topological polar surface area (TPSA) is 132 Å². The van der Waals surface area contributed by atoms with E-state index in [1.54, 1.807) is 54.7 Å². The first-order valence-electron chi connectivity index (χ1n) is 11.1. The second kappa shape index (κ2) is 11.0. The van der Waals surface area contributed by atoms with Gasteiger partial charge in [0.2, 0.25) is 5.95 Å². The number of aromatic nitrogens is 2. The van der Waals surface area contributed by atoms with Crippen molar-refractivity contribution in [3.05, 3.63) is 56.5 Å². The average Bonchev–Trinajstić information content (AvgIpc) is 3.42. The SMILES string of the molecule is CO[C@H]1[C@@H](OC(C)=O)[C@H](c2scc3c(=O)[nH]c(/N=C/N(C)C)nc23)O[C@@H]1COC(=O)c1ccccc1. The van der Waals surface area contributed by atoms with E-state index in [2.05, 4.69) is 15.0 Å². The van der Waals surface area contributed by atoms with Crippen LogP contribution in [-0.2, 0) is 23.7 Å². The number of carbonyl (C=O) groups excluding carboxylic acids is 2. The summed E-state index contributed by atoms with van der Waals surface area (Å²) < 4.78 is 22.9. The fourth-order valence-electron chi connectivity index (χ4n) is 3.87. The summed E-state index contributed by atoms with van der Waals surface area (Å²) in [4.78, 5) is 50.6. The number of hydrogen-bond acceptors (Lipinski definition) is 10. The minimum absolute atomic E-state index is 0.125. The maximum Gasteiger partial charge on any atom is 0.338 e. The van der Waals surface area contributed by atoms with Gasteiger partial charge in [0, 0.05) is 33.5 Å². The third-order valence-corrected chi connectivity index (χ3v) is 6.45. The molecule has 0 spiro atoms. The fourth-order valence-corrected chi connectivity index (χ4v) is 4.93. The summed E-state index contributed by atoms with van der Waals surface area (Å²) in [5.74, 6) is -0.917. The highest BCUT2D eigenvalue weighted by molar-refractivity contribution is 7.11. The zero-order valence-corrected chi connectivity index (χ0v) is 21.0. The number of methoxy groups -OCH3 is 1. The van der Waals surface area contributed by atoms with E-state index in [0.717, 1.165) is 0 Å². The van der Waals surface area contributed by atoms with Crippen LogP contribution in [0.1, 0.15) is 28.3 Å². The second-order valence-electron chi connectivity index (χ2n) is 8.29. The number of thiophene rings is 1. The van der Waals surface area contributed by atoms with E-state index in [0.29, 0.717) is 21.3 Å². The molecule has 3 aromatic rings. The first-order valence-corrected chi connectivity index (χ1v) is 12.0. The number of H-pyrrole nitrogens is 1. The van der Waals surface area contributed by atoms with Crippen molar-refractivity contribution in [2.75, 3.05) is 27.8 Å². The van der Waals surface area contributed by atoms with Crippen molar-refractivity contribution in [2.45, 2.75) is 31.3 Å². The number of ether oxygens (including phenoxy) is 4. The number of nitrogens with zero attached hydrogens (tertiary/aromatic N) is 3. The Hall–Kier alpha value is -3.61. The lowest BCUT2D eigenvalue weighted by atomic mass is 10.1. The first kappa shape index (κ1) is 25.5. The molecule has 4 atom stereocenters. The van der Waals surface area contributed by atoms with Crippen molar-refractivity contribution in [2.24, 2.45) is 4.99 Å². The van der Waals surface area contributed by atoms with E-state index in [4.69, 9.17) is 18.9 Å². The maximum atomic E-state index is 12.6. The number of carbonyl (C=O) groups is 2. The Morgan fingerprint density at radius 1 is 1.25 bits per heavy atom. The first-order chi connectivity index (χ1) is 17.3. The third-order valence-electron chi connectivity index (χ3n) is 5.42. The number of aromatic amines is 1. The molecule has 1 aliphatic rings. The van der Waals surface area contributed by atoms with E-state index >= 15 is 0 Å². The molecule has 0 bridgehead atoms. The lowest BCUT2D eigenvalue weighted by molar-refractivity contribution is -0.153. The fraction of sp³-hybridized carbons (Fsp3) is 0.375. The van der Waals surface area contributed by atoms with Crippen LogP contribution < -0.4 is 5.56 Å². The van der Waals surface area contributed by atoms with Gasteiger partial charge in [-0.05, 0) is 12.1 Å². The molecule has 2 aromatic heterocycles. The minimum atomic E-state index is -0.857. The summed E-state index contributed by atoms with van der Waals surface area (Å²) in [5.41, 5.74) is 0.427.